The summed E-state index contributed by atoms with van der Waals surface area (Å²) in [5.74, 6) is -0.197. The molecule has 0 radical (unpaired) electrons. The number of fused-ring (bicyclic) bond motifs is 2. The van der Waals surface area contributed by atoms with Crippen LogP contribution in [0.15, 0.2) is 54.9 Å². The number of anilines is 1. The highest BCUT2D eigenvalue weighted by Gasteiger charge is 2.26. The van der Waals surface area contributed by atoms with E-state index in [4.69, 9.17) is 9.47 Å². The predicted molar refractivity (Wildman–Crippen MR) is 128 cm³/mol. The van der Waals surface area contributed by atoms with Gasteiger partial charge in [0.2, 0.25) is 5.91 Å². The number of nitrogens with zero attached hydrogens (tertiary/aromatic N) is 3. The fourth-order valence-electron chi connectivity index (χ4n) is 4.53. The van der Waals surface area contributed by atoms with E-state index in [2.05, 4.69) is 16.0 Å². The molecule has 4 aromatic rings. The van der Waals surface area contributed by atoms with Crippen molar-refractivity contribution >= 4 is 22.5 Å². The quantitative estimate of drug-likeness (QED) is 0.406. The summed E-state index contributed by atoms with van der Waals surface area (Å²) in [6, 6.07) is 12.8. The highest BCUT2D eigenvalue weighted by Crippen LogP contribution is 2.34. The van der Waals surface area contributed by atoms with E-state index in [-0.39, 0.29) is 17.9 Å². The molecular weight excluding hydrogens is 452 g/mol. The SMILES string of the molecule is COc1cc2ncnc(Cc3ccc4c(c3)CCN4C(=O)Cc3cc(F)ccc3F)c2cc1OC. The van der Waals surface area contributed by atoms with Crippen molar-refractivity contribution in [3.8, 4) is 11.5 Å². The van der Waals surface area contributed by atoms with Gasteiger partial charge in [-0.3, -0.25) is 4.79 Å². The molecule has 8 heteroatoms. The molecule has 0 spiro atoms. The maximum atomic E-state index is 14.0. The molecule has 3 aromatic carbocycles. The van der Waals surface area contributed by atoms with E-state index in [9.17, 15) is 13.6 Å². The number of benzene rings is 3. The Morgan fingerprint density at radius 1 is 1.00 bits per heavy atom. The summed E-state index contributed by atoms with van der Waals surface area (Å²) in [5.41, 5.74) is 4.55. The molecule has 0 N–H and O–H groups in total. The first kappa shape index (κ1) is 22.7. The Bertz CT molecular complexity index is 1440. The lowest BCUT2D eigenvalue weighted by Crippen LogP contribution is -2.30. The van der Waals surface area contributed by atoms with Gasteiger partial charge in [-0.05, 0) is 47.9 Å². The third-order valence-electron chi connectivity index (χ3n) is 6.28. The van der Waals surface area contributed by atoms with Crippen LogP contribution < -0.4 is 14.4 Å². The molecule has 178 valence electrons. The van der Waals surface area contributed by atoms with Crippen molar-refractivity contribution in [2.75, 3.05) is 25.7 Å². The Balaban J connectivity index is 1.39. The maximum absolute atomic E-state index is 14.0. The van der Waals surface area contributed by atoms with Crippen LogP contribution in [0.1, 0.15) is 22.4 Å². The van der Waals surface area contributed by atoms with Crippen molar-refractivity contribution in [2.24, 2.45) is 0 Å². The van der Waals surface area contributed by atoms with Gasteiger partial charge in [-0.15, -0.1) is 0 Å². The van der Waals surface area contributed by atoms with Crippen molar-refractivity contribution in [3.05, 3.63) is 88.9 Å². The Morgan fingerprint density at radius 3 is 2.60 bits per heavy atom. The number of amides is 1. The minimum atomic E-state index is -0.583. The zero-order valence-corrected chi connectivity index (χ0v) is 19.3. The summed E-state index contributed by atoms with van der Waals surface area (Å²) in [4.78, 5) is 23.4. The van der Waals surface area contributed by atoms with Gasteiger partial charge in [0.1, 0.15) is 18.0 Å². The molecule has 0 atom stereocenters. The topological polar surface area (TPSA) is 64.6 Å². The molecule has 2 heterocycles. The van der Waals surface area contributed by atoms with E-state index in [1.165, 1.54) is 6.33 Å². The van der Waals surface area contributed by atoms with Gasteiger partial charge in [-0.25, -0.2) is 18.7 Å². The van der Waals surface area contributed by atoms with Crippen molar-refractivity contribution in [1.82, 2.24) is 9.97 Å². The van der Waals surface area contributed by atoms with Gasteiger partial charge in [0.15, 0.2) is 11.5 Å². The van der Waals surface area contributed by atoms with Crippen molar-refractivity contribution in [2.45, 2.75) is 19.3 Å². The van der Waals surface area contributed by atoms with Crippen LogP contribution in [-0.2, 0) is 24.1 Å². The van der Waals surface area contributed by atoms with E-state index < -0.39 is 11.6 Å². The van der Waals surface area contributed by atoms with Gasteiger partial charge in [0.25, 0.3) is 0 Å². The summed E-state index contributed by atoms with van der Waals surface area (Å²) < 4.78 is 38.3. The van der Waals surface area contributed by atoms with Gasteiger partial charge < -0.3 is 14.4 Å². The van der Waals surface area contributed by atoms with Crippen molar-refractivity contribution in [1.29, 1.82) is 0 Å². The molecule has 1 aliphatic heterocycles. The summed E-state index contributed by atoms with van der Waals surface area (Å²) >= 11 is 0. The first-order valence-electron chi connectivity index (χ1n) is 11.2. The normalized spacial score (nSPS) is 12.6. The molecule has 5 rings (SSSR count). The predicted octanol–water partition coefficient (Wildman–Crippen LogP) is 4.65. The molecule has 1 aromatic heterocycles. The Kier molecular flexibility index (Phi) is 6.03. The second kappa shape index (κ2) is 9.29. The molecule has 1 aliphatic rings. The van der Waals surface area contributed by atoms with E-state index >= 15 is 0 Å². The minimum Gasteiger partial charge on any atom is -0.493 e. The van der Waals surface area contributed by atoms with Gasteiger partial charge in [-0.2, -0.15) is 0 Å². The fraction of sp³-hybridized carbons (Fsp3) is 0.222. The van der Waals surface area contributed by atoms with E-state index in [1.807, 2.05) is 24.3 Å². The third kappa shape index (κ3) is 4.39. The largest absolute Gasteiger partial charge is 0.493 e. The van der Waals surface area contributed by atoms with E-state index in [0.717, 1.165) is 51.6 Å². The lowest BCUT2D eigenvalue weighted by molar-refractivity contribution is -0.117. The smallest absolute Gasteiger partial charge is 0.231 e. The fourth-order valence-corrected chi connectivity index (χ4v) is 4.53. The van der Waals surface area contributed by atoms with E-state index in [0.29, 0.717) is 30.9 Å². The van der Waals surface area contributed by atoms with Crippen LogP contribution >= 0.6 is 0 Å². The lowest BCUT2D eigenvalue weighted by Gasteiger charge is -2.18. The molecule has 0 fully saturated rings. The first-order chi connectivity index (χ1) is 17.0. The van der Waals surface area contributed by atoms with Crippen LogP contribution in [0.5, 0.6) is 11.5 Å². The van der Waals surface area contributed by atoms with Crippen LogP contribution in [0.2, 0.25) is 0 Å². The van der Waals surface area contributed by atoms with Gasteiger partial charge in [-0.1, -0.05) is 12.1 Å². The molecule has 35 heavy (non-hydrogen) atoms. The average molecular weight is 475 g/mol. The molecule has 6 nitrogen and oxygen atoms in total. The number of carbonyl (C=O) groups is 1. The number of hydrogen-bond donors (Lipinski definition) is 0. The second-order valence-corrected chi connectivity index (χ2v) is 8.39. The number of aromatic nitrogens is 2. The molecule has 0 saturated carbocycles. The highest BCUT2D eigenvalue weighted by atomic mass is 19.1. The lowest BCUT2D eigenvalue weighted by atomic mass is 10.0. The summed E-state index contributed by atoms with van der Waals surface area (Å²) in [6.07, 6.45) is 2.60. The standard InChI is InChI=1S/C27H23F2N3O3/c1-34-25-13-20-22(30-15-31-23(20)14-26(25)35-2)10-16-3-6-24-17(9-16)7-8-32(24)27(33)12-18-11-19(28)4-5-21(18)29/h3-6,9,11,13-15H,7-8,10,12H2,1-2H3. The van der Waals surface area contributed by atoms with Crippen molar-refractivity contribution in [3.63, 3.8) is 0 Å². The second-order valence-electron chi connectivity index (χ2n) is 8.39. The van der Waals surface area contributed by atoms with Crippen LogP contribution in [0.3, 0.4) is 0 Å². The number of hydrogen-bond acceptors (Lipinski definition) is 5. The molecule has 1 amide bonds. The zero-order chi connectivity index (χ0) is 24.5. The van der Waals surface area contributed by atoms with Gasteiger partial charge in [0.05, 0.1) is 31.9 Å². The number of halogens is 2. The zero-order valence-electron chi connectivity index (χ0n) is 19.3. The van der Waals surface area contributed by atoms with Crippen LogP contribution in [0.4, 0.5) is 14.5 Å². The Hall–Kier alpha value is -4.07. The Labute approximate surface area is 201 Å². The Morgan fingerprint density at radius 2 is 1.80 bits per heavy atom. The van der Waals surface area contributed by atoms with Crippen LogP contribution in [-0.4, -0.2) is 36.6 Å². The monoisotopic (exact) mass is 475 g/mol. The molecule has 0 saturated heterocycles. The summed E-state index contributed by atoms with van der Waals surface area (Å²) in [5, 5.41) is 0.875. The van der Waals surface area contributed by atoms with E-state index in [1.54, 1.807) is 19.1 Å². The number of carbonyl (C=O) groups excluding carboxylic acids is 1. The molecule has 0 unspecified atom stereocenters. The summed E-state index contributed by atoms with van der Waals surface area (Å²) in [7, 11) is 3.17. The molecular formula is C27H23F2N3O3. The van der Waals surface area contributed by atoms with Gasteiger partial charge >= 0.3 is 0 Å². The average Bonchev–Trinajstić information content (AvgIpc) is 3.29. The highest BCUT2D eigenvalue weighted by molar-refractivity contribution is 5.96. The van der Waals surface area contributed by atoms with Crippen LogP contribution in [0, 0.1) is 11.6 Å². The number of rotatable bonds is 6. The molecule has 0 aliphatic carbocycles. The van der Waals surface area contributed by atoms with Crippen LogP contribution in [0.25, 0.3) is 10.9 Å². The summed E-state index contributed by atoms with van der Waals surface area (Å²) in [6.45, 7) is 0.502. The molecule has 0 bridgehead atoms. The first-order valence-corrected chi connectivity index (χ1v) is 11.2. The minimum absolute atomic E-state index is 0.0581. The number of methoxy groups -OCH3 is 2. The number of ether oxygens (including phenoxy) is 2. The van der Waals surface area contributed by atoms with Crippen molar-refractivity contribution < 1.29 is 23.0 Å². The maximum Gasteiger partial charge on any atom is 0.231 e. The van der Waals surface area contributed by atoms with Gasteiger partial charge in [0, 0.05) is 35.7 Å². The third-order valence-corrected chi connectivity index (χ3v) is 6.28.